The molecule has 0 atom stereocenters. The summed E-state index contributed by atoms with van der Waals surface area (Å²) in [5.41, 5.74) is 3.08. The van der Waals surface area contributed by atoms with Gasteiger partial charge in [0, 0.05) is 18.5 Å². The number of carbonyl (C=O) groups is 2. The van der Waals surface area contributed by atoms with Gasteiger partial charge in [0.15, 0.2) is 5.11 Å². The summed E-state index contributed by atoms with van der Waals surface area (Å²) in [6.45, 7) is 4.48. The summed E-state index contributed by atoms with van der Waals surface area (Å²) >= 11 is 5.20. The fourth-order valence-corrected chi connectivity index (χ4v) is 2.90. The molecular weight excluding hydrogens is 372 g/mol. The zero-order chi connectivity index (χ0) is 20.4. The van der Waals surface area contributed by atoms with Gasteiger partial charge in [0.05, 0.1) is 13.0 Å². The summed E-state index contributed by atoms with van der Waals surface area (Å²) in [7, 11) is 0. The summed E-state index contributed by atoms with van der Waals surface area (Å²) in [5, 5.41) is 5.87. The number of rotatable bonds is 8. The van der Waals surface area contributed by atoms with Gasteiger partial charge in [-0.15, -0.1) is 0 Å². The molecule has 0 radical (unpaired) electrons. The largest absolute Gasteiger partial charge is 0.465 e. The van der Waals surface area contributed by atoms with Gasteiger partial charge in [-0.05, 0) is 35.3 Å². The quantitative estimate of drug-likeness (QED) is 0.516. The molecule has 2 aromatic carbocycles. The van der Waals surface area contributed by atoms with Crippen LogP contribution < -0.4 is 10.6 Å². The van der Waals surface area contributed by atoms with E-state index in [1.807, 2.05) is 54.6 Å². The molecule has 148 valence electrons. The third kappa shape index (κ3) is 7.48. The number of esters is 1. The molecule has 0 fully saturated rings. The van der Waals surface area contributed by atoms with Crippen LogP contribution in [0, 0.1) is 0 Å². The van der Waals surface area contributed by atoms with Crippen LogP contribution in [0.5, 0.6) is 0 Å². The molecule has 0 aliphatic rings. The predicted octanol–water partition coefficient (Wildman–Crippen LogP) is 4.19. The van der Waals surface area contributed by atoms with E-state index in [4.69, 9.17) is 17.0 Å². The van der Waals surface area contributed by atoms with Gasteiger partial charge in [0.2, 0.25) is 5.91 Å². The monoisotopic (exact) mass is 398 g/mol. The average Bonchev–Trinajstić information content (AvgIpc) is 2.67. The molecular formula is C22H26N2O3S. The Morgan fingerprint density at radius 1 is 1.00 bits per heavy atom. The molecule has 0 aliphatic carbocycles. The fourth-order valence-electron chi connectivity index (χ4n) is 2.67. The van der Waals surface area contributed by atoms with Crippen LogP contribution in [0.4, 0.5) is 5.69 Å². The summed E-state index contributed by atoms with van der Waals surface area (Å²) < 4.78 is 5.17. The van der Waals surface area contributed by atoms with Gasteiger partial charge in [-0.1, -0.05) is 62.4 Å². The molecule has 6 heteroatoms. The molecule has 0 aliphatic heterocycles. The van der Waals surface area contributed by atoms with E-state index in [0.29, 0.717) is 18.9 Å². The van der Waals surface area contributed by atoms with E-state index in [1.165, 1.54) is 0 Å². The molecule has 2 N–H and O–H groups in total. The van der Waals surface area contributed by atoms with Crippen LogP contribution >= 0.6 is 12.2 Å². The second-order valence-electron chi connectivity index (χ2n) is 6.70. The third-order valence-corrected chi connectivity index (χ3v) is 4.34. The lowest BCUT2D eigenvalue weighted by molar-refractivity contribution is -0.144. The predicted molar refractivity (Wildman–Crippen MR) is 115 cm³/mol. The lowest BCUT2D eigenvalue weighted by Gasteiger charge is -2.15. The summed E-state index contributed by atoms with van der Waals surface area (Å²) in [6, 6.07) is 17.6. The van der Waals surface area contributed by atoms with Gasteiger partial charge < -0.3 is 15.4 Å². The number of benzene rings is 2. The topological polar surface area (TPSA) is 67.4 Å². The lowest BCUT2D eigenvalue weighted by atomic mass is 10.0. The number of nitrogens with one attached hydrogen (secondary N) is 2. The van der Waals surface area contributed by atoms with E-state index in [9.17, 15) is 9.59 Å². The molecule has 2 rings (SSSR count). The van der Waals surface area contributed by atoms with Crippen molar-refractivity contribution >= 4 is 34.9 Å². The van der Waals surface area contributed by atoms with Gasteiger partial charge in [0.25, 0.3) is 0 Å². The first-order valence-electron chi connectivity index (χ1n) is 9.35. The van der Waals surface area contributed by atoms with Crippen LogP contribution in [0.15, 0.2) is 54.6 Å². The molecule has 5 nitrogen and oxygen atoms in total. The molecule has 0 bridgehead atoms. The van der Waals surface area contributed by atoms with Gasteiger partial charge >= 0.3 is 5.97 Å². The van der Waals surface area contributed by atoms with Crippen LogP contribution in [-0.4, -0.2) is 23.6 Å². The molecule has 1 amide bonds. The highest BCUT2D eigenvalue weighted by Gasteiger charge is 2.11. The average molecular weight is 399 g/mol. The van der Waals surface area contributed by atoms with Gasteiger partial charge in [-0.2, -0.15) is 0 Å². The SMILES string of the molecule is CC(C)c1ccccc1NC(=S)NC(=O)CCC(=O)OCCc1ccccc1. The maximum atomic E-state index is 12.0. The maximum absolute atomic E-state index is 12.0. The highest BCUT2D eigenvalue weighted by atomic mass is 32.1. The van der Waals surface area contributed by atoms with Gasteiger partial charge in [-0.25, -0.2) is 0 Å². The minimum atomic E-state index is -0.393. The van der Waals surface area contributed by atoms with E-state index in [2.05, 4.69) is 24.5 Å². The first-order valence-corrected chi connectivity index (χ1v) is 9.76. The lowest BCUT2D eigenvalue weighted by Crippen LogP contribution is -2.34. The minimum absolute atomic E-state index is 0.0197. The first-order chi connectivity index (χ1) is 13.5. The molecule has 2 aromatic rings. The Balaban J connectivity index is 1.69. The standard InChI is InChI=1S/C22H26N2O3S/c1-16(2)18-10-6-7-11-19(18)23-22(28)24-20(25)12-13-21(26)27-15-14-17-8-4-3-5-9-17/h3-11,16H,12-15H2,1-2H3,(H2,23,24,25,28). The van der Waals surface area contributed by atoms with Gasteiger partial charge in [-0.3, -0.25) is 9.59 Å². The Kier molecular flexibility index (Phi) is 8.62. The number of hydrogen-bond acceptors (Lipinski definition) is 4. The highest BCUT2D eigenvalue weighted by molar-refractivity contribution is 7.80. The number of amides is 1. The number of ether oxygens (including phenoxy) is 1. The van der Waals surface area contributed by atoms with Crippen molar-refractivity contribution in [3.8, 4) is 0 Å². The Morgan fingerprint density at radius 2 is 1.68 bits per heavy atom. The van der Waals surface area contributed by atoms with E-state index < -0.39 is 5.97 Å². The molecule has 0 unspecified atom stereocenters. The van der Waals surface area contributed by atoms with Crippen molar-refractivity contribution in [2.75, 3.05) is 11.9 Å². The van der Waals surface area contributed by atoms with Crippen molar-refractivity contribution < 1.29 is 14.3 Å². The van der Waals surface area contributed by atoms with Crippen molar-refractivity contribution in [1.29, 1.82) is 0 Å². The number of anilines is 1. The highest BCUT2D eigenvalue weighted by Crippen LogP contribution is 2.23. The number of thiocarbonyl (C=S) groups is 1. The first kappa shape index (κ1) is 21.6. The normalized spacial score (nSPS) is 10.4. The second-order valence-corrected chi connectivity index (χ2v) is 7.11. The van der Waals surface area contributed by atoms with Crippen molar-refractivity contribution in [3.05, 3.63) is 65.7 Å². The Morgan fingerprint density at radius 3 is 2.39 bits per heavy atom. The van der Waals surface area contributed by atoms with Crippen LogP contribution in [-0.2, 0) is 20.7 Å². The zero-order valence-electron chi connectivity index (χ0n) is 16.2. The van der Waals surface area contributed by atoms with Crippen molar-refractivity contribution in [2.45, 2.75) is 39.0 Å². The fraction of sp³-hybridized carbons (Fsp3) is 0.318. The zero-order valence-corrected chi connectivity index (χ0v) is 17.1. The number of para-hydroxylation sites is 1. The molecule has 0 spiro atoms. The summed E-state index contributed by atoms with van der Waals surface area (Å²) in [4.78, 5) is 23.8. The molecule has 0 aromatic heterocycles. The van der Waals surface area contributed by atoms with E-state index in [-0.39, 0.29) is 23.9 Å². The molecule has 0 heterocycles. The van der Waals surface area contributed by atoms with Crippen LogP contribution in [0.1, 0.15) is 43.7 Å². The second kappa shape index (κ2) is 11.2. The van der Waals surface area contributed by atoms with Crippen molar-refractivity contribution in [2.24, 2.45) is 0 Å². The summed E-state index contributed by atoms with van der Waals surface area (Å²) in [6.07, 6.45) is 0.700. The van der Waals surface area contributed by atoms with E-state index >= 15 is 0 Å². The van der Waals surface area contributed by atoms with Crippen molar-refractivity contribution in [1.82, 2.24) is 5.32 Å². The van der Waals surface area contributed by atoms with E-state index in [1.54, 1.807) is 0 Å². The van der Waals surface area contributed by atoms with Gasteiger partial charge in [0.1, 0.15) is 0 Å². The summed E-state index contributed by atoms with van der Waals surface area (Å²) in [5.74, 6) is -0.387. The van der Waals surface area contributed by atoms with Crippen LogP contribution in [0.3, 0.4) is 0 Å². The third-order valence-electron chi connectivity index (χ3n) is 4.14. The Hall–Kier alpha value is -2.73. The number of carbonyl (C=O) groups excluding carboxylic acids is 2. The Bertz CT molecular complexity index is 806. The Labute approximate surface area is 171 Å². The van der Waals surface area contributed by atoms with Crippen LogP contribution in [0.2, 0.25) is 0 Å². The van der Waals surface area contributed by atoms with Crippen LogP contribution in [0.25, 0.3) is 0 Å². The minimum Gasteiger partial charge on any atom is -0.465 e. The maximum Gasteiger partial charge on any atom is 0.306 e. The molecule has 28 heavy (non-hydrogen) atoms. The van der Waals surface area contributed by atoms with Crippen molar-refractivity contribution in [3.63, 3.8) is 0 Å². The smallest absolute Gasteiger partial charge is 0.306 e. The van der Waals surface area contributed by atoms with E-state index in [0.717, 1.165) is 16.8 Å². The molecule has 0 saturated heterocycles. The number of hydrogen-bond donors (Lipinski definition) is 2. The molecule has 0 saturated carbocycles.